The fourth-order valence-corrected chi connectivity index (χ4v) is 2.01. The van der Waals surface area contributed by atoms with Gasteiger partial charge in [0.25, 0.3) is 0 Å². The maximum Gasteiger partial charge on any atom is 0.0864 e. The summed E-state index contributed by atoms with van der Waals surface area (Å²) in [4.78, 5) is 0. The quantitative estimate of drug-likeness (QED) is 0.756. The summed E-state index contributed by atoms with van der Waals surface area (Å²) in [5.41, 5.74) is 2.85. The molecule has 3 heteroatoms. The second kappa shape index (κ2) is 6.18. The van der Waals surface area contributed by atoms with Crippen molar-refractivity contribution in [2.45, 2.75) is 73.3 Å². The van der Waals surface area contributed by atoms with Crippen LogP contribution in [-0.4, -0.2) is 15.0 Å². The van der Waals surface area contributed by atoms with Gasteiger partial charge in [0.05, 0.1) is 11.4 Å². The largest absolute Gasteiger partial charge is 0.249 e. The van der Waals surface area contributed by atoms with Crippen LogP contribution >= 0.6 is 0 Å². The summed E-state index contributed by atoms with van der Waals surface area (Å²) >= 11 is 0. The Morgan fingerprint density at radius 1 is 1.12 bits per heavy atom. The van der Waals surface area contributed by atoms with Crippen LogP contribution in [0.15, 0.2) is 0 Å². The highest BCUT2D eigenvalue weighted by atomic mass is 15.4. The van der Waals surface area contributed by atoms with E-state index in [0.29, 0.717) is 0 Å². The zero-order valence-electron chi connectivity index (χ0n) is 12.1. The zero-order valence-corrected chi connectivity index (χ0v) is 12.1. The van der Waals surface area contributed by atoms with Crippen molar-refractivity contribution in [3.05, 3.63) is 11.4 Å². The molecule has 1 rings (SSSR count). The number of hydrogen-bond donors (Lipinski definition) is 0. The molecule has 0 amide bonds. The molecule has 0 spiro atoms. The van der Waals surface area contributed by atoms with Crippen LogP contribution in [0.3, 0.4) is 0 Å². The lowest BCUT2D eigenvalue weighted by Crippen LogP contribution is -2.12. The normalized spacial score (nSPS) is 12.1. The van der Waals surface area contributed by atoms with Crippen molar-refractivity contribution >= 4 is 0 Å². The van der Waals surface area contributed by atoms with E-state index in [2.05, 4.69) is 49.6 Å². The molecule has 3 nitrogen and oxygen atoms in total. The Morgan fingerprint density at radius 2 is 1.82 bits per heavy atom. The van der Waals surface area contributed by atoms with Gasteiger partial charge in [0.2, 0.25) is 0 Å². The van der Waals surface area contributed by atoms with E-state index >= 15 is 0 Å². The van der Waals surface area contributed by atoms with Gasteiger partial charge in [-0.05, 0) is 24.7 Å². The van der Waals surface area contributed by atoms with E-state index in [-0.39, 0.29) is 5.41 Å². The molecule has 1 aromatic rings. The van der Waals surface area contributed by atoms with Crippen molar-refractivity contribution in [3.63, 3.8) is 0 Å². The highest BCUT2D eigenvalue weighted by Gasteiger charge is 2.18. The van der Waals surface area contributed by atoms with Gasteiger partial charge in [-0.25, -0.2) is 4.68 Å². The van der Waals surface area contributed by atoms with Gasteiger partial charge in [-0.15, -0.1) is 5.10 Å². The van der Waals surface area contributed by atoms with Crippen molar-refractivity contribution in [1.82, 2.24) is 15.0 Å². The molecule has 0 N–H and O–H groups in total. The summed E-state index contributed by atoms with van der Waals surface area (Å²) in [6.07, 6.45) is 5.68. The van der Waals surface area contributed by atoms with E-state index in [4.69, 9.17) is 0 Å². The van der Waals surface area contributed by atoms with Gasteiger partial charge in [0.15, 0.2) is 0 Å². The molecule has 0 aromatic carbocycles. The second-order valence-electron chi connectivity index (χ2n) is 6.05. The monoisotopic (exact) mass is 237 g/mol. The van der Waals surface area contributed by atoms with Crippen LogP contribution < -0.4 is 0 Å². The molecule has 0 radical (unpaired) electrons. The maximum atomic E-state index is 4.39. The Hall–Kier alpha value is -0.860. The van der Waals surface area contributed by atoms with Gasteiger partial charge in [-0.1, -0.05) is 52.7 Å². The molecule has 0 saturated heterocycles. The molecular weight excluding hydrogens is 210 g/mol. The van der Waals surface area contributed by atoms with Crippen LogP contribution in [0.5, 0.6) is 0 Å². The van der Waals surface area contributed by atoms with E-state index in [1.165, 1.54) is 24.2 Å². The summed E-state index contributed by atoms with van der Waals surface area (Å²) in [5.74, 6) is 0. The van der Waals surface area contributed by atoms with Gasteiger partial charge in [0, 0.05) is 6.54 Å². The number of hydrogen-bond acceptors (Lipinski definition) is 2. The van der Waals surface area contributed by atoms with E-state index in [1.54, 1.807) is 0 Å². The first-order valence-electron chi connectivity index (χ1n) is 6.89. The molecule has 0 fully saturated rings. The fourth-order valence-electron chi connectivity index (χ4n) is 2.01. The number of aryl methyl sites for hydroxylation is 1. The molecule has 0 unspecified atom stereocenters. The molecule has 1 aromatic heterocycles. The van der Waals surface area contributed by atoms with Gasteiger partial charge < -0.3 is 0 Å². The van der Waals surface area contributed by atoms with E-state index < -0.39 is 0 Å². The first-order chi connectivity index (χ1) is 7.98. The first kappa shape index (κ1) is 14.2. The zero-order chi connectivity index (χ0) is 12.9. The Kier molecular flexibility index (Phi) is 5.16. The van der Waals surface area contributed by atoms with Crippen molar-refractivity contribution < 1.29 is 0 Å². The van der Waals surface area contributed by atoms with Crippen LogP contribution in [0, 0.1) is 5.41 Å². The van der Waals surface area contributed by atoms with Crippen LogP contribution in [-0.2, 0) is 19.4 Å². The first-order valence-corrected chi connectivity index (χ1v) is 6.89. The SMILES string of the molecule is CCCCn1nnc(CC(C)(C)C)c1CCC. The lowest BCUT2D eigenvalue weighted by atomic mass is 9.89. The summed E-state index contributed by atoms with van der Waals surface area (Å²) in [6, 6.07) is 0. The molecule has 17 heavy (non-hydrogen) atoms. The number of aromatic nitrogens is 3. The van der Waals surface area contributed by atoms with Crippen LogP contribution in [0.1, 0.15) is 65.3 Å². The summed E-state index contributed by atoms with van der Waals surface area (Å²) in [7, 11) is 0. The van der Waals surface area contributed by atoms with Crippen molar-refractivity contribution in [1.29, 1.82) is 0 Å². The lowest BCUT2D eigenvalue weighted by Gasteiger charge is -2.17. The van der Waals surface area contributed by atoms with Crippen LogP contribution in [0.2, 0.25) is 0 Å². The minimum atomic E-state index is 0.286. The van der Waals surface area contributed by atoms with Crippen molar-refractivity contribution in [2.75, 3.05) is 0 Å². The fraction of sp³-hybridized carbons (Fsp3) is 0.857. The Bertz CT molecular complexity index is 334. The Balaban J connectivity index is 2.85. The molecule has 0 atom stereocenters. The van der Waals surface area contributed by atoms with E-state index in [1.807, 2.05) is 0 Å². The highest BCUT2D eigenvalue weighted by Crippen LogP contribution is 2.22. The smallest absolute Gasteiger partial charge is 0.0864 e. The van der Waals surface area contributed by atoms with Crippen LogP contribution in [0.25, 0.3) is 0 Å². The predicted octanol–water partition coefficient (Wildman–Crippen LogP) is 3.62. The third-order valence-electron chi connectivity index (χ3n) is 2.83. The average molecular weight is 237 g/mol. The Labute approximate surface area is 106 Å². The molecular formula is C14H27N3. The van der Waals surface area contributed by atoms with Crippen LogP contribution in [0.4, 0.5) is 0 Å². The van der Waals surface area contributed by atoms with Crippen molar-refractivity contribution in [3.8, 4) is 0 Å². The average Bonchev–Trinajstić information content (AvgIpc) is 2.57. The molecule has 0 aliphatic rings. The molecule has 98 valence electrons. The molecule has 1 heterocycles. The van der Waals surface area contributed by atoms with E-state index in [0.717, 1.165) is 25.8 Å². The molecule has 0 bridgehead atoms. The number of rotatable bonds is 6. The van der Waals surface area contributed by atoms with Gasteiger partial charge in [-0.2, -0.15) is 0 Å². The Morgan fingerprint density at radius 3 is 2.35 bits per heavy atom. The minimum Gasteiger partial charge on any atom is -0.249 e. The molecule has 0 aliphatic carbocycles. The summed E-state index contributed by atoms with van der Waals surface area (Å²) in [6.45, 7) is 12.2. The summed E-state index contributed by atoms with van der Waals surface area (Å²) < 4.78 is 2.12. The van der Waals surface area contributed by atoms with Crippen molar-refractivity contribution in [2.24, 2.45) is 5.41 Å². The third kappa shape index (κ3) is 4.49. The topological polar surface area (TPSA) is 30.7 Å². The third-order valence-corrected chi connectivity index (χ3v) is 2.83. The van der Waals surface area contributed by atoms with E-state index in [9.17, 15) is 0 Å². The minimum absolute atomic E-state index is 0.286. The van der Waals surface area contributed by atoms with Gasteiger partial charge in [-0.3, -0.25) is 0 Å². The standard InChI is InChI=1S/C14H27N3/c1-6-8-10-17-13(9-7-2)12(15-16-17)11-14(3,4)5/h6-11H2,1-5H3. The van der Waals surface area contributed by atoms with Gasteiger partial charge in [0.1, 0.15) is 0 Å². The number of nitrogens with zero attached hydrogens (tertiary/aromatic N) is 3. The van der Waals surface area contributed by atoms with Gasteiger partial charge >= 0.3 is 0 Å². The number of unbranched alkanes of at least 4 members (excludes halogenated alkanes) is 1. The maximum absolute atomic E-state index is 4.39. The predicted molar refractivity (Wildman–Crippen MR) is 72.1 cm³/mol. The lowest BCUT2D eigenvalue weighted by molar-refractivity contribution is 0.404. The highest BCUT2D eigenvalue weighted by molar-refractivity contribution is 5.12. The second-order valence-corrected chi connectivity index (χ2v) is 6.05. The molecule has 0 saturated carbocycles. The summed E-state index contributed by atoms with van der Waals surface area (Å²) in [5, 5.41) is 8.71. The molecule has 0 aliphatic heterocycles.